The van der Waals surface area contributed by atoms with Gasteiger partial charge in [0.25, 0.3) is 0 Å². The summed E-state index contributed by atoms with van der Waals surface area (Å²) in [4.78, 5) is 11.8. The summed E-state index contributed by atoms with van der Waals surface area (Å²) >= 11 is 0. The van der Waals surface area contributed by atoms with Crippen LogP contribution in [0.2, 0.25) is 0 Å². The van der Waals surface area contributed by atoms with E-state index in [1.165, 1.54) is 7.11 Å². The van der Waals surface area contributed by atoms with Gasteiger partial charge in [-0.05, 0) is 99.4 Å². The Morgan fingerprint density at radius 3 is 2.50 bits per heavy atom. The highest BCUT2D eigenvalue weighted by molar-refractivity contribution is 5.85. The molecule has 8 heteroatoms. The van der Waals surface area contributed by atoms with Gasteiger partial charge in [0.15, 0.2) is 6.29 Å². The van der Waals surface area contributed by atoms with Gasteiger partial charge in [-0.15, -0.1) is 0 Å². The number of hydrogen-bond acceptors (Lipinski definition) is 8. The maximum absolute atomic E-state index is 12.4. The molecule has 2 heterocycles. The van der Waals surface area contributed by atoms with Gasteiger partial charge in [-0.1, -0.05) is 13.8 Å². The molecule has 0 aromatic carbocycles. The van der Waals surface area contributed by atoms with Crippen molar-refractivity contribution < 1.29 is 39.1 Å². The number of aliphatic hydroxyl groups is 3. The highest BCUT2D eigenvalue weighted by Crippen LogP contribution is 2.70. The third-order valence-corrected chi connectivity index (χ3v) is 12.3. The molecule has 0 unspecified atom stereocenters. The van der Waals surface area contributed by atoms with Gasteiger partial charge in [-0.2, -0.15) is 0 Å². The van der Waals surface area contributed by atoms with Crippen LogP contribution in [0.5, 0.6) is 0 Å². The van der Waals surface area contributed by atoms with Gasteiger partial charge in [0.2, 0.25) is 0 Å². The highest BCUT2D eigenvalue weighted by Gasteiger charge is 2.67. The van der Waals surface area contributed by atoms with E-state index in [2.05, 4.69) is 13.8 Å². The number of hydrogen-bond donors (Lipinski definition) is 3. The molecule has 38 heavy (non-hydrogen) atoms. The van der Waals surface area contributed by atoms with Crippen LogP contribution in [0.25, 0.3) is 0 Å². The molecule has 0 aromatic rings. The Kier molecular flexibility index (Phi) is 6.80. The number of cyclic esters (lactones) is 1. The Balaban J connectivity index is 1.16. The van der Waals surface area contributed by atoms with E-state index in [1.54, 1.807) is 13.0 Å². The summed E-state index contributed by atoms with van der Waals surface area (Å²) in [5, 5.41) is 33.1. The van der Waals surface area contributed by atoms with Crippen molar-refractivity contribution in [2.24, 2.45) is 34.5 Å². The molecule has 2 aliphatic heterocycles. The van der Waals surface area contributed by atoms with Crippen molar-refractivity contribution in [3.8, 4) is 0 Å². The van der Waals surface area contributed by atoms with Crippen molar-refractivity contribution in [1.29, 1.82) is 0 Å². The van der Waals surface area contributed by atoms with Crippen molar-refractivity contribution in [2.75, 3.05) is 13.7 Å². The van der Waals surface area contributed by atoms with Gasteiger partial charge in [0, 0.05) is 18.6 Å². The molecule has 0 spiro atoms. The van der Waals surface area contributed by atoms with E-state index in [9.17, 15) is 20.1 Å². The summed E-state index contributed by atoms with van der Waals surface area (Å²) in [7, 11) is 1.51. The highest BCUT2D eigenvalue weighted by atomic mass is 16.7. The van der Waals surface area contributed by atoms with Gasteiger partial charge in [-0.25, -0.2) is 4.79 Å². The molecule has 1 saturated heterocycles. The van der Waals surface area contributed by atoms with Crippen LogP contribution in [0.3, 0.4) is 0 Å². The quantitative estimate of drug-likeness (QED) is 0.372. The van der Waals surface area contributed by atoms with Gasteiger partial charge in [0.05, 0.1) is 17.8 Å². The van der Waals surface area contributed by atoms with E-state index in [0.29, 0.717) is 18.4 Å². The van der Waals surface area contributed by atoms with Gasteiger partial charge >= 0.3 is 5.97 Å². The first-order chi connectivity index (χ1) is 18.0. The van der Waals surface area contributed by atoms with Crippen molar-refractivity contribution >= 4 is 5.97 Å². The zero-order valence-electron chi connectivity index (χ0n) is 23.3. The van der Waals surface area contributed by atoms with Crippen molar-refractivity contribution in [1.82, 2.24) is 0 Å². The monoisotopic (exact) mass is 534 g/mol. The Morgan fingerprint density at radius 2 is 1.79 bits per heavy atom. The summed E-state index contributed by atoms with van der Waals surface area (Å²) in [6, 6.07) is 0. The molecule has 0 aromatic heterocycles. The minimum Gasteiger partial charge on any atom is -0.458 e. The number of esters is 1. The van der Waals surface area contributed by atoms with Crippen LogP contribution < -0.4 is 0 Å². The van der Waals surface area contributed by atoms with Crippen molar-refractivity contribution in [3.05, 3.63) is 11.6 Å². The summed E-state index contributed by atoms with van der Waals surface area (Å²) in [5.41, 5.74) is 0.312. The smallest absolute Gasteiger partial charge is 0.331 e. The standard InChI is InChI=1S/C30H46O8/c1-16-24(32)25(33)26(35-4)27(37-16)38-19-7-10-28(2)18(14-19)5-6-22-21(28)8-11-29(3)20(9-12-30(22,29)34)17-13-23(31)36-15-17/h13,16,18-22,24-27,32-34H,5-12,14-15H2,1-4H3/t16-,18-,19-,20-,21+,22+,24-,25+,26+,27-,28-,29+,30-/m0/s1. The number of aliphatic hydroxyl groups excluding tert-OH is 2. The number of carbonyl (C=O) groups is 1. The molecular formula is C30H46O8. The molecule has 4 saturated carbocycles. The fourth-order valence-corrected chi connectivity index (χ4v) is 10.0. The van der Waals surface area contributed by atoms with Crippen LogP contribution in [0.4, 0.5) is 0 Å². The van der Waals surface area contributed by atoms with E-state index in [4.69, 9.17) is 18.9 Å². The lowest BCUT2D eigenvalue weighted by molar-refractivity contribution is -0.314. The molecule has 0 radical (unpaired) electrons. The summed E-state index contributed by atoms with van der Waals surface area (Å²) < 4.78 is 23.1. The Bertz CT molecular complexity index is 968. The third-order valence-electron chi connectivity index (χ3n) is 12.3. The first-order valence-electron chi connectivity index (χ1n) is 14.8. The van der Waals surface area contributed by atoms with Crippen molar-refractivity contribution in [2.45, 2.75) is 121 Å². The van der Waals surface area contributed by atoms with E-state index < -0.39 is 36.3 Å². The second-order valence-corrected chi connectivity index (χ2v) is 13.7. The summed E-state index contributed by atoms with van der Waals surface area (Å²) in [6.45, 7) is 6.85. The molecule has 5 fully saturated rings. The van der Waals surface area contributed by atoms with Gasteiger partial charge < -0.3 is 34.3 Å². The average Bonchev–Trinajstić information content (AvgIpc) is 3.43. The van der Waals surface area contributed by atoms with Crippen LogP contribution in [0.15, 0.2) is 11.6 Å². The SMILES string of the molecule is CO[C@H]1[C@H](O[C@H]2CC[C@@]3(C)[C@@H](CC[C@@H]4[C@H]3CC[C@]3(C)[C@H](C5=CC(=O)OC5)CC[C@]43O)C2)O[C@@H](C)[C@H](O)[C@H]1O. The van der Waals surface area contributed by atoms with Crippen molar-refractivity contribution in [3.63, 3.8) is 0 Å². The maximum atomic E-state index is 12.4. The number of methoxy groups -OCH3 is 1. The van der Waals surface area contributed by atoms with E-state index in [-0.39, 0.29) is 34.7 Å². The second-order valence-electron chi connectivity index (χ2n) is 13.7. The van der Waals surface area contributed by atoms with E-state index >= 15 is 0 Å². The predicted octanol–water partition coefficient (Wildman–Crippen LogP) is 3.11. The molecule has 214 valence electrons. The fraction of sp³-hybridized carbons (Fsp3) is 0.900. The molecule has 13 atom stereocenters. The van der Waals surface area contributed by atoms with E-state index in [0.717, 1.165) is 63.4 Å². The third kappa shape index (κ3) is 3.88. The van der Waals surface area contributed by atoms with Gasteiger partial charge in [-0.3, -0.25) is 0 Å². The summed E-state index contributed by atoms with van der Waals surface area (Å²) in [6.07, 6.45) is 6.50. The minimum absolute atomic E-state index is 0.0153. The number of ether oxygens (including phenoxy) is 4. The van der Waals surface area contributed by atoms with Crippen LogP contribution in [-0.4, -0.2) is 77.4 Å². The average molecular weight is 535 g/mol. The van der Waals surface area contributed by atoms with Crippen LogP contribution >= 0.6 is 0 Å². The second kappa shape index (κ2) is 9.52. The molecule has 0 bridgehead atoms. The lowest BCUT2D eigenvalue weighted by Crippen LogP contribution is -2.62. The molecule has 6 rings (SSSR count). The topological polar surface area (TPSA) is 115 Å². The zero-order valence-corrected chi connectivity index (χ0v) is 23.3. The first-order valence-corrected chi connectivity index (χ1v) is 14.8. The number of rotatable bonds is 4. The molecule has 4 aliphatic carbocycles. The molecule has 0 amide bonds. The van der Waals surface area contributed by atoms with Gasteiger partial charge in [0.1, 0.15) is 24.9 Å². The maximum Gasteiger partial charge on any atom is 0.331 e. The van der Waals surface area contributed by atoms with Crippen LogP contribution in [-0.2, 0) is 23.7 Å². The number of fused-ring (bicyclic) bond motifs is 5. The van der Waals surface area contributed by atoms with Crippen LogP contribution in [0.1, 0.15) is 78.6 Å². The minimum atomic E-state index is -1.05. The molecule has 8 nitrogen and oxygen atoms in total. The Morgan fingerprint density at radius 1 is 1.00 bits per heavy atom. The Labute approximate surface area is 226 Å². The first kappa shape index (κ1) is 27.2. The fourth-order valence-electron chi connectivity index (χ4n) is 10.0. The summed E-state index contributed by atoms with van der Waals surface area (Å²) in [5.74, 6) is 1.24. The molecular weight excluding hydrogens is 488 g/mol. The normalized spacial score (nSPS) is 54.5. The molecule has 6 aliphatic rings. The zero-order chi connectivity index (χ0) is 27.0. The molecule has 3 N–H and O–H groups in total. The van der Waals surface area contributed by atoms with Crippen LogP contribution in [0, 0.1) is 34.5 Å². The lowest BCUT2D eigenvalue weighted by atomic mass is 9.43. The Hall–Kier alpha value is -1.03. The lowest BCUT2D eigenvalue weighted by Gasteiger charge is -2.64. The largest absolute Gasteiger partial charge is 0.458 e. The van der Waals surface area contributed by atoms with E-state index in [1.807, 2.05) is 0 Å². The predicted molar refractivity (Wildman–Crippen MR) is 138 cm³/mol. The number of carbonyl (C=O) groups excluding carboxylic acids is 1.